The highest BCUT2D eigenvalue weighted by molar-refractivity contribution is 5.91. The van der Waals surface area contributed by atoms with E-state index in [0.717, 1.165) is 99.8 Å². The van der Waals surface area contributed by atoms with Crippen LogP contribution in [0.1, 0.15) is 169 Å². The molecule has 4 saturated heterocycles. The lowest BCUT2D eigenvalue weighted by Gasteiger charge is -2.56. The topological polar surface area (TPSA) is 137 Å². The zero-order valence-corrected chi connectivity index (χ0v) is 40.5. The third kappa shape index (κ3) is 4.77. The van der Waals surface area contributed by atoms with Gasteiger partial charge in [0.2, 0.25) is 0 Å². The molecule has 0 aromatic carbocycles. The molecule has 0 bridgehead atoms. The van der Waals surface area contributed by atoms with Crippen LogP contribution in [0.3, 0.4) is 0 Å². The smallest absolute Gasteiger partial charge is 0.172 e. The average Bonchev–Trinajstić information content (AvgIpc) is 4.05. The maximum atomic E-state index is 14.8. The van der Waals surface area contributed by atoms with Crippen LogP contribution in [0.5, 0.6) is 0 Å². The Hall–Kier alpha value is -1.82. The van der Waals surface area contributed by atoms with Crippen molar-refractivity contribution in [2.75, 3.05) is 0 Å². The van der Waals surface area contributed by atoms with E-state index in [0.29, 0.717) is 37.5 Å². The molecule has 12 aliphatic rings. The summed E-state index contributed by atoms with van der Waals surface area (Å²) in [4.78, 5) is 40.8. The molecular weight excluding hydrogens is 805 g/mol. The molecule has 0 radical (unpaired) electrons. The molecule has 8 aliphatic carbocycles. The van der Waals surface area contributed by atoms with Crippen molar-refractivity contribution in [1.29, 1.82) is 0 Å². The molecule has 1 aromatic heterocycles. The van der Waals surface area contributed by atoms with E-state index in [1.165, 1.54) is 0 Å². The van der Waals surface area contributed by atoms with Gasteiger partial charge in [0.05, 0.1) is 68.2 Å². The zero-order valence-electron chi connectivity index (χ0n) is 40.5. The molecule has 1 aromatic rings. The summed E-state index contributed by atoms with van der Waals surface area (Å²) < 4.78 is 27.1. The number of fused-ring (bicyclic) bond motifs is 12. The number of ketones is 2. The summed E-state index contributed by atoms with van der Waals surface area (Å²) in [7, 11) is 0. The van der Waals surface area contributed by atoms with Crippen molar-refractivity contribution in [1.82, 2.24) is 9.97 Å². The van der Waals surface area contributed by atoms with Gasteiger partial charge in [-0.3, -0.25) is 19.6 Å². The first-order valence-electron chi connectivity index (χ1n) is 26.0. The molecule has 10 nitrogen and oxygen atoms in total. The van der Waals surface area contributed by atoms with Gasteiger partial charge in [0, 0.05) is 49.4 Å². The standard InChI is InChI=1S/C54H76N2O8/c1-27-43-39(61-53(27)17-15-45(3,4)63-53)25-51(49(43,9)59)31-13-11-29-19-35-37(23-47(29,7)33(31)21-41(51)57)55-36-20-30-12-14-32-34(48(30,8)24-38(36)56-35)22-42(58)52(32)26-40-44(50(52,10)60)28(2)54(62-40)18-16-46(5,6)64-54/h27-34,39-40,43-44,59-60H,11-26H2,1-10H3/t27-,28-,29-,30-,31+,32+,33-,34+,39-,40-,43-,44-,47-,48-,49-,50-,51-,52-,53+,54+/m0/s1. The number of carbonyl (C=O) groups excluding carboxylic acids is 2. The van der Waals surface area contributed by atoms with Crippen molar-refractivity contribution in [3.63, 3.8) is 0 Å². The van der Waals surface area contributed by atoms with Crippen molar-refractivity contribution in [3.8, 4) is 0 Å². The highest BCUT2D eigenvalue weighted by Crippen LogP contribution is 2.75. The second-order valence-electron chi connectivity index (χ2n) is 26.9. The summed E-state index contributed by atoms with van der Waals surface area (Å²) in [5.41, 5.74) is -0.0891. The first-order valence-corrected chi connectivity index (χ1v) is 26.0. The molecule has 350 valence electrons. The van der Waals surface area contributed by atoms with Crippen LogP contribution < -0.4 is 0 Å². The highest BCUT2D eigenvalue weighted by Gasteiger charge is 2.80. The summed E-state index contributed by atoms with van der Waals surface area (Å²) in [5.74, 6) is 0.328. The molecule has 0 unspecified atom stereocenters. The first kappa shape index (κ1) is 42.3. The Kier molecular flexibility index (Phi) is 8.13. The minimum atomic E-state index is -1.17. The van der Waals surface area contributed by atoms with Gasteiger partial charge in [0.15, 0.2) is 11.6 Å². The lowest BCUT2D eigenvalue weighted by atomic mass is 9.49. The van der Waals surface area contributed by atoms with E-state index in [-0.39, 0.29) is 93.1 Å². The van der Waals surface area contributed by atoms with Crippen molar-refractivity contribution < 1.29 is 38.7 Å². The van der Waals surface area contributed by atoms with Crippen LogP contribution in [0.25, 0.3) is 0 Å². The van der Waals surface area contributed by atoms with Crippen molar-refractivity contribution in [2.24, 2.45) is 80.8 Å². The maximum absolute atomic E-state index is 14.8. The number of hydrogen-bond acceptors (Lipinski definition) is 10. The van der Waals surface area contributed by atoms with E-state index in [1.807, 2.05) is 13.8 Å². The lowest BCUT2D eigenvalue weighted by Crippen LogP contribution is -2.57. The van der Waals surface area contributed by atoms with Crippen molar-refractivity contribution >= 4 is 11.6 Å². The molecule has 5 heterocycles. The number of rotatable bonds is 0. The van der Waals surface area contributed by atoms with E-state index in [2.05, 4.69) is 55.4 Å². The fourth-order valence-electron chi connectivity index (χ4n) is 20.5. The summed E-state index contributed by atoms with van der Waals surface area (Å²) >= 11 is 0. The fraction of sp³-hybridized carbons (Fsp3) is 0.889. The van der Waals surface area contributed by atoms with Gasteiger partial charge in [-0.05, 0) is 165 Å². The Bertz CT molecular complexity index is 2120. The summed E-state index contributed by atoms with van der Waals surface area (Å²) in [6, 6.07) is 0. The van der Waals surface area contributed by atoms with Gasteiger partial charge in [-0.1, -0.05) is 27.7 Å². The molecule has 4 spiro atoms. The van der Waals surface area contributed by atoms with Crippen LogP contribution in [-0.2, 0) is 54.2 Å². The number of aromatic nitrogens is 2. The van der Waals surface area contributed by atoms with E-state index < -0.39 is 33.6 Å². The van der Waals surface area contributed by atoms with E-state index in [1.54, 1.807) is 0 Å². The molecule has 0 amide bonds. The summed E-state index contributed by atoms with van der Waals surface area (Å²) in [6.07, 6.45) is 12.8. The molecule has 20 atom stereocenters. The predicted octanol–water partition coefficient (Wildman–Crippen LogP) is 8.07. The molecule has 13 rings (SSSR count). The lowest BCUT2D eigenvalue weighted by molar-refractivity contribution is -0.257. The summed E-state index contributed by atoms with van der Waals surface area (Å²) in [5, 5.41) is 25.8. The number of ether oxygens (including phenoxy) is 4. The molecular formula is C54H76N2O8. The molecule has 64 heavy (non-hydrogen) atoms. The van der Waals surface area contributed by atoms with Crippen LogP contribution in [0.15, 0.2) is 0 Å². The Labute approximate surface area is 380 Å². The van der Waals surface area contributed by atoms with Gasteiger partial charge in [0.1, 0.15) is 11.6 Å². The molecule has 6 saturated carbocycles. The van der Waals surface area contributed by atoms with E-state index in [9.17, 15) is 19.8 Å². The van der Waals surface area contributed by atoms with Crippen molar-refractivity contribution in [2.45, 2.75) is 218 Å². The second kappa shape index (κ2) is 12.3. The van der Waals surface area contributed by atoms with Crippen LogP contribution >= 0.6 is 0 Å². The van der Waals surface area contributed by atoms with E-state index in [4.69, 9.17) is 28.9 Å². The fourth-order valence-corrected chi connectivity index (χ4v) is 20.5. The third-order valence-electron chi connectivity index (χ3n) is 23.6. The Morgan fingerprint density at radius 2 is 0.906 bits per heavy atom. The monoisotopic (exact) mass is 881 g/mol. The number of carbonyl (C=O) groups is 2. The molecule has 10 heteroatoms. The normalized spacial score (nSPS) is 57.9. The Morgan fingerprint density at radius 3 is 1.25 bits per heavy atom. The number of hydrogen-bond donors (Lipinski definition) is 2. The SMILES string of the molecule is C[C@H]1[C@H]2[C@H](C[C@]3(C(=O)C[C@@H]4[C@H]3CC[C@H]3Cc5nc6c(nc5C[C@@]34C)C[C@@H]3CC[C@@H]4[C@H](CC(=O)[C@]45C[C@@H]4O[C@@]7(CCC(C)(C)O7)[C@@H](C)[C@@H]4[C@]5(C)O)[C@@]3(C)C6)[C@@]2(C)O)O[C@@]12CCC(C)(C)O2. The third-order valence-corrected chi connectivity index (χ3v) is 23.6. The van der Waals surface area contributed by atoms with Gasteiger partial charge in [-0.2, -0.15) is 0 Å². The molecule has 10 fully saturated rings. The van der Waals surface area contributed by atoms with Crippen molar-refractivity contribution in [3.05, 3.63) is 22.8 Å². The quantitative estimate of drug-likeness (QED) is 0.263. The predicted molar refractivity (Wildman–Crippen MR) is 236 cm³/mol. The Balaban J connectivity index is 0.762. The second-order valence-corrected chi connectivity index (χ2v) is 26.9. The van der Waals surface area contributed by atoms with E-state index >= 15 is 0 Å². The van der Waals surface area contributed by atoms with Gasteiger partial charge in [-0.25, -0.2) is 0 Å². The number of aliphatic hydroxyl groups is 2. The van der Waals surface area contributed by atoms with Gasteiger partial charge in [0.25, 0.3) is 0 Å². The molecule has 2 N–H and O–H groups in total. The van der Waals surface area contributed by atoms with Crippen LogP contribution in [0.4, 0.5) is 0 Å². The largest absolute Gasteiger partial charge is 0.389 e. The van der Waals surface area contributed by atoms with Gasteiger partial charge >= 0.3 is 0 Å². The molecule has 4 aliphatic heterocycles. The van der Waals surface area contributed by atoms with Crippen LogP contribution in [0.2, 0.25) is 0 Å². The highest BCUT2D eigenvalue weighted by atomic mass is 16.7. The summed E-state index contributed by atoms with van der Waals surface area (Å²) in [6.45, 7) is 21.8. The van der Waals surface area contributed by atoms with Gasteiger partial charge in [-0.15, -0.1) is 0 Å². The van der Waals surface area contributed by atoms with Crippen LogP contribution in [0, 0.1) is 80.8 Å². The average molecular weight is 881 g/mol. The van der Waals surface area contributed by atoms with Gasteiger partial charge < -0.3 is 29.2 Å². The zero-order chi connectivity index (χ0) is 44.9. The minimum Gasteiger partial charge on any atom is -0.389 e. The number of Topliss-reactive ketones (excluding diaryl/α,β-unsaturated/α-hetero) is 2. The maximum Gasteiger partial charge on any atom is 0.172 e. The Morgan fingerprint density at radius 1 is 0.516 bits per heavy atom. The van der Waals surface area contributed by atoms with Crippen LogP contribution in [-0.4, -0.2) is 77.9 Å². The first-order chi connectivity index (χ1) is 29.9. The minimum absolute atomic E-state index is 0.00560. The number of nitrogens with zero attached hydrogens (tertiary/aromatic N) is 2.